The second-order valence-electron chi connectivity index (χ2n) is 6.81. The summed E-state index contributed by atoms with van der Waals surface area (Å²) in [5, 5.41) is 0. The standard InChI is InChI=1S/C24H23BrO7/c1-28-23(26)21-12-20(25)22(24(27)32-21)31-19(15-29-13-17-8-4-2-5-9-17)16-30-14-18-10-6-3-7-11-18/h2-12,19H,13-16H2,1H3. The van der Waals surface area contributed by atoms with Crippen molar-refractivity contribution in [2.75, 3.05) is 20.3 Å². The van der Waals surface area contributed by atoms with Gasteiger partial charge < -0.3 is 23.4 Å². The maximum Gasteiger partial charge on any atom is 0.380 e. The Bertz CT molecular complexity index is 1010. The van der Waals surface area contributed by atoms with Crippen molar-refractivity contribution in [2.24, 2.45) is 0 Å². The summed E-state index contributed by atoms with van der Waals surface area (Å²) < 4.78 is 27.3. The number of hydrogen-bond acceptors (Lipinski definition) is 7. The van der Waals surface area contributed by atoms with Gasteiger partial charge in [-0.3, -0.25) is 0 Å². The van der Waals surface area contributed by atoms with Crippen molar-refractivity contribution in [3.63, 3.8) is 0 Å². The monoisotopic (exact) mass is 502 g/mol. The third kappa shape index (κ3) is 7.05. The van der Waals surface area contributed by atoms with Crippen LogP contribution in [0.15, 0.2) is 80.4 Å². The molecule has 7 nitrogen and oxygen atoms in total. The van der Waals surface area contributed by atoms with Crippen LogP contribution in [0.1, 0.15) is 21.7 Å². The van der Waals surface area contributed by atoms with Crippen LogP contribution in [0.4, 0.5) is 0 Å². The fourth-order valence-corrected chi connectivity index (χ4v) is 3.27. The summed E-state index contributed by atoms with van der Waals surface area (Å²) in [5.41, 5.74) is 1.22. The lowest BCUT2D eigenvalue weighted by atomic mass is 10.2. The van der Waals surface area contributed by atoms with E-state index < -0.39 is 17.7 Å². The Labute approximate surface area is 194 Å². The van der Waals surface area contributed by atoms with Gasteiger partial charge in [-0.15, -0.1) is 0 Å². The topological polar surface area (TPSA) is 84.2 Å². The summed E-state index contributed by atoms with van der Waals surface area (Å²) in [6.07, 6.45) is -0.592. The van der Waals surface area contributed by atoms with Crippen LogP contribution in [0.5, 0.6) is 5.75 Å². The summed E-state index contributed by atoms with van der Waals surface area (Å²) >= 11 is 3.26. The van der Waals surface area contributed by atoms with E-state index in [1.807, 2.05) is 60.7 Å². The molecule has 8 heteroatoms. The van der Waals surface area contributed by atoms with E-state index in [1.54, 1.807) is 0 Å². The normalized spacial score (nSPS) is 10.8. The Kier molecular flexibility index (Phi) is 9.03. The van der Waals surface area contributed by atoms with Crippen molar-refractivity contribution in [3.8, 4) is 5.75 Å². The molecule has 0 aliphatic carbocycles. The van der Waals surface area contributed by atoms with Gasteiger partial charge in [0.05, 0.1) is 38.0 Å². The second-order valence-corrected chi connectivity index (χ2v) is 7.66. The molecule has 2 aromatic carbocycles. The fourth-order valence-electron chi connectivity index (χ4n) is 2.81. The van der Waals surface area contributed by atoms with Gasteiger partial charge in [-0.25, -0.2) is 9.59 Å². The number of rotatable bonds is 11. The number of ether oxygens (including phenoxy) is 4. The maximum absolute atomic E-state index is 12.4. The SMILES string of the molecule is COC(=O)c1cc(Br)c(OC(COCc2ccccc2)COCc2ccccc2)c(=O)o1. The van der Waals surface area contributed by atoms with Crippen molar-refractivity contribution in [3.05, 3.63) is 98.5 Å². The molecule has 3 aromatic rings. The molecule has 1 aromatic heterocycles. The highest BCUT2D eigenvalue weighted by atomic mass is 79.9. The van der Waals surface area contributed by atoms with Crippen molar-refractivity contribution in [1.29, 1.82) is 0 Å². The molecule has 0 unspecified atom stereocenters. The summed E-state index contributed by atoms with van der Waals surface area (Å²) in [6.45, 7) is 1.12. The number of carbonyl (C=O) groups is 1. The van der Waals surface area contributed by atoms with Gasteiger partial charge in [-0.1, -0.05) is 60.7 Å². The molecule has 0 saturated carbocycles. The minimum Gasteiger partial charge on any atom is -0.477 e. The summed E-state index contributed by atoms with van der Waals surface area (Å²) in [4.78, 5) is 24.0. The molecule has 0 aliphatic heterocycles. The van der Waals surface area contributed by atoms with Crippen molar-refractivity contribution in [2.45, 2.75) is 19.3 Å². The Balaban J connectivity index is 1.67. The summed E-state index contributed by atoms with van der Waals surface area (Å²) in [6, 6.07) is 20.7. The lowest BCUT2D eigenvalue weighted by Gasteiger charge is -2.19. The third-order valence-corrected chi connectivity index (χ3v) is 4.95. The first-order valence-corrected chi connectivity index (χ1v) is 10.7. The van der Waals surface area contributed by atoms with Crippen LogP contribution in [-0.2, 0) is 27.4 Å². The molecule has 0 atom stereocenters. The molecule has 168 valence electrons. The molecule has 0 N–H and O–H groups in total. The van der Waals surface area contributed by atoms with Crippen molar-refractivity contribution in [1.82, 2.24) is 0 Å². The Morgan fingerprint density at radius 1 is 0.938 bits per heavy atom. The van der Waals surface area contributed by atoms with Crippen LogP contribution >= 0.6 is 15.9 Å². The number of hydrogen-bond donors (Lipinski definition) is 0. The predicted molar refractivity (Wildman–Crippen MR) is 121 cm³/mol. The summed E-state index contributed by atoms with van der Waals surface area (Å²) in [5.74, 6) is -1.06. The molecule has 0 aliphatic rings. The van der Waals surface area contributed by atoms with E-state index >= 15 is 0 Å². The van der Waals surface area contributed by atoms with Crippen LogP contribution in [-0.4, -0.2) is 32.4 Å². The van der Waals surface area contributed by atoms with Gasteiger partial charge in [0.1, 0.15) is 6.10 Å². The predicted octanol–water partition coefficient (Wildman–Crippen LogP) is 4.37. The average Bonchev–Trinajstić information content (AvgIpc) is 2.81. The smallest absolute Gasteiger partial charge is 0.380 e. The highest BCUT2D eigenvalue weighted by molar-refractivity contribution is 9.10. The van der Waals surface area contributed by atoms with Crippen LogP contribution in [0.25, 0.3) is 0 Å². The maximum atomic E-state index is 12.4. The highest BCUT2D eigenvalue weighted by Crippen LogP contribution is 2.23. The molecule has 0 fully saturated rings. The minimum atomic E-state index is -0.809. The zero-order chi connectivity index (χ0) is 22.8. The molecule has 0 bridgehead atoms. The van der Waals surface area contributed by atoms with E-state index in [0.29, 0.717) is 13.2 Å². The Hall–Kier alpha value is -2.94. The highest BCUT2D eigenvalue weighted by Gasteiger charge is 2.21. The fraction of sp³-hybridized carbons (Fsp3) is 0.250. The number of esters is 1. The number of halogens is 1. The van der Waals surface area contributed by atoms with Gasteiger partial charge in [0.2, 0.25) is 11.5 Å². The summed E-state index contributed by atoms with van der Waals surface area (Å²) in [7, 11) is 1.20. The lowest BCUT2D eigenvalue weighted by molar-refractivity contribution is -0.0174. The van der Waals surface area contributed by atoms with Gasteiger partial charge in [0.25, 0.3) is 0 Å². The quantitative estimate of drug-likeness (QED) is 0.360. The lowest BCUT2D eigenvalue weighted by Crippen LogP contribution is -2.30. The van der Waals surface area contributed by atoms with Gasteiger partial charge in [-0.05, 0) is 27.1 Å². The first-order valence-electron chi connectivity index (χ1n) is 9.88. The van der Waals surface area contributed by atoms with Crippen molar-refractivity contribution >= 4 is 21.9 Å². The molecular weight excluding hydrogens is 480 g/mol. The Morgan fingerprint density at radius 3 is 1.94 bits per heavy atom. The third-order valence-electron chi connectivity index (χ3n) is 4.36. The zero-order valence-corrected chi connectivity index (χ0v) is 19.1. The first-order chi connectivity index (χ1) is 15.6. The van der Waals surface area contributed by atoms with E-state index in [1.165, 1.54) is 13.2 Å². The van der Waals surface area contributed by atoms with Crippen LogP contribution < -0.4 is 10.4 Å². The molecule has 0 saturated heterocycles. The molecule has 0 radical (unpaired) electrons. The van der Waals surface area contributed by atoms with Crippen molar-refractivity contribution < 1.29 is 28.2 Å². The molecule has 3 rings (SSSR count). The molecule has 1 heterocycles. The molecule has 32 heavy (non-hydrogen) atoms. The molecule has 0 amide bonds. The molecule has 0 spiro atoms. The number of benzene rings is 2. The van der Waals surface area contributed by atoms with Crippen LogP contribution in [0.2, 0.25) is 0 Å². The van der Waals surface area contributed by atoms with Gasteiger partial charge in [0.15, 0.2) is 0 Å². The largest absolute Gasteiger partial charge is 0.477 e. The second kappa shape index (κ2) is 12.2. The van der Waals surface area contributed by atoms with Gasteiger partial charge >= 0.3 is 11.6 Å². The number of carbonyl (C=O) groups excluding carboxylic acids is 1. The molecular formula is C24H23BrO7. The first kappa shape index (κ1) is 23.7. The van der Waals surface area contributed by atoms with E-state index in [0.717, 1.165) is 11.1 Å². The van der Waals surface area contributed by atoms with Gasteiger partial charge in [0, 0.05) is 6.07 Å². The average molecular weight is 503 g/mol. The van der Waals surface area contributed by atoms with Crippen LogP contribution in [0, 0.1) is 0 Å². The van der Waals surface area contributed by atoms with E-state index in [2.05, 4.69) is 20.7 Å². The number of methoxy groups -OCH3 is 1. The zero-order valence-electron chi connectivity index (χ0n) is 17.5. The van der Waals surface area contributed by atoms with Crippen LogP contribution in [0.3, 0.4) is 0 Å². The van der Waals surface area contributed by atoms with E-state index in [-0.39, 0.29) is 29.2 Å². The van der Waals surface area contributed by atoms with E-state index in [9.17, 15) is 9.59 Å². The minimum absolute atomic E-state index is 0.0747. The van der Waals surface area contributed by atoms with E-state index in [4.69, 9.17) is 18.6 Å². The van der Waals surface area contributed by atoms with Gasteiger partial charge in [-0.2, -0.15) is 0 Å². The Morgan fingerprint density at radius 2 is 1.47 bits per heavy atom.